The first-order chi connectivity index (χ1) is 8.74. The van der Waals surface area contributed by atoms with Gasteiger partial charge in [0.15, 0.2) is 0 Å². The molecular weight excluding hydrogens is 224 g/mol. The van der Waals surface area contributed by atoms with Crippen molar-refractivity contribution in [3.05, 3.63) is 47.7 Å². The topological polar surface area (TPSA) is 34.2 Å². The number of nitrogens with zero attached hydrogens (tertiary/aromatic N) is 1. The lowest BCUT2D eigenvalue weighted by atomic mass is 9.99. The van der Waals surface area contributed by atoms with Crippen LogP contribution in [0.15, 0.2) is 36.5 Å². The number of nitrogens with one attached hydrogen (secondary N) is 1. The summed E-state index contributed by atoms with van der Waals surface area (Å²) in [6.07, 6.45) is 1.77. The molecule has 1 aromatic carbocycles. The van der Waals surface area contributed by atoms with Crippen molar-refractivity contribution < 1.29 is 4.74 Å². The van der Waals surface area contributed by atoms with Crippen LogP contribution in [-0.2, 0) is 6.54 Å². The third-order valence-electron chi connectivity index (χ3n) is 2.93. The molecule has 0 bridgehead atoms. The fourth-order valence-electron chi connectivity index (χ4n) is 2.05. The highest BCUT2D eigenvalue weighted by Crippen LogP contribution is 2.26. The van der Waals surface area contributed by atoms with Crippen molar-refractivity contribution in [1.29, 1.82) is 0 Å². The molecule has 3 heteroatoms. The smallest absolute Gasteiger partial charge is 0.213 e. The zero-order chi connectivity index (χ0) is 13.0. The number of rotatable bonds is 4. The number of methoxy groups -OCH3 is 1. The molecule has 0 aliphatic heterocycles. The van der Waals surface area contributed by atoms with E-state index in [4.69, 9.17) is 4.74 Å². The molecule has 3 nitrogen and oxygen atoms in total. The number of benzene rings is 1. The quantitative estimate of drug-likeness (QED) is 0.895. The van der Waals surface area contributed by atoms with Crippen molar-refractivity contribution >= 4 is 0 Å². The van der Waals surface area contributed by atoms with Gasteiger partial charge < -0.3 is 10.1 Å². The second-order valence-electron chi connectivity index (χ2n) is 4.27. The number of aryl methyl sites for hydroxylation is 1. The first kappa shape index (κ1) is 12.6. The van der Waals surface area contributed by atoms with Crippen molar-refractivity contribution in [3.8, 4) is 17.0 Å². The Kier molecular flexibility index (Phi) is 3.95. The Morgan fingerprint density at radius 3 is 2.72 bits per heavy atom. The van der Waals surface area contributed by atoms with E-state index in [1.807, 2.05) is 19.2 Å². The molecule has 18 heavy (non-hydrogen) atoms. The average Bonchev–Trinajstić information content (AvgIpc) is 2.39. The van der Waals surface area contributed by atoms with Crippen LogP contribution in [0.1, 0.15) is 11.1 Å². The van der Waals surface area contributed by atoms with Gasteiger partial charge in [0.1, 0.15) is 0 Å². The van der Waals surface area contributed by atoms with E-state index in [0.29, 0.717) is 5.88 Å². The van der Waals surface area contributed by atoms with Gasteiger partial charge in [0, 0.05) is 18.8 Å². The molecule has 0 aliphatic rings. The van der Waals surface area contributed by atoms with Gasteiger partial charge >= 0.3 is 0 Å². The lowest BCUT2D eigenvalue weighted by molar-refractivity contribution is 0.398. The monoisotopic (exact) mass is 242 g/mol. The molecular formula is C15H18N2O. The zero-order valence-corrected chi connectivity index (χ0v) is 11.0. The zero-order valence-electron chi connectivity index (χ0n) is 11.0. The average molecular weight is 242 g/mol. The summed E-state index contributed by atoms with van der Waals surface area (Å²) in [6, 6.07) is 10.5. The summed E-state index contributed by atoms with van der Waals surface area (Å²) in [5, 5.41) is 3.16. The predicted molar refractivity (Wildman–Crippen MR) is 73.7 cm³/mol. The number of hydrogen-bond acceptors (Lipinski definition) is 3. The lowest BCUT2D eigenvalue weighted by Gasteiger charge is -2.09. The van der Waals surface area contributed by atoms with Gasteiger partial charge in [0.2, 0.25) is 5.88 Å². The summed E-state index contributed by atoms with van der Waals surface area (Å²) in [6.45, 7) is 3.02. The maximum Gasteiger partial charge on any atom is 0.213 e. The number of ether oxygens (including phenoxy) is 1. The van der Waals surface area contributed by atoms with E-state index >= 15 is 0 Å². The highest BCUT2D eigenvalue weighted by Gasteiger charge is 2.04. The summed E-state index contributed by atoms with van der Waals surface area (Å²) in [7, 11) is 3.59. The Balaban J connectivity index is 2.38. The summed E-state index contributed by atoms with van der Waals surface area (Å²) in [5.74, 6) is 0.645. The Hall–Kier alpha value is -1.87. The summed E-state index contributed by atoms with van der Waals surface area (Å²) in [5.41, 5.74) is 4.90. The molecule has 0 saturated heterocycles. The molecule has 0 fully saturated rings. The highest BCUT2D eigenvalue weighted by atomic mass is 16.5. The van der Waals surface area contributed by atoms with Crippen molar-refractivity contribution in [3.63, 3.8) is 0 Å². The Morgan fingerprint density at radius 1 is 1.22 bits per heavy atom. The molecule has 94 valence electrons. The number of hydrogen-bond donors (Lipinski definition) is 1. The summed E-state index contributed by atoms with van der Waals surface area (Å²) >= 11 is 0. The second-order valence-corrected chi connectivity index (χ2v) is 4.27. The Morgan fingerprint density at radius 2 is 2.06 bits per heavy atom. The van der Waals surface area contributed by atoms with E-state index in [9.17, 15) is 0 Å². The van der Waals surface area contributed by atoms with E-state index in [0.717, 1.165) is 12.1 Å². The van der Waals surface area contributed by atoms with E-state index in [1.54, 1.807) is 13.3 Å². The second kappa shape index (κ2) is 5.65. The van der Waals surface area contributed by atoms with Crippen LogP contribution in [0.4, 0.5) is 0 Å². The third kappa shape index (κ3) is 2.68. The summed E-state index contributed by atoms with van der Waals surface area (Å²) < 4.78 is 5.16. The first-order valence-electron chi connectivity index (χ1n) is 5.99. The van der Waals surface area contributed by atoms with Gasteiger partial charge in [0.25, 0.3) is 0 Å². The van der Waals surface area contributed by atoms with Crippen LogP contribution in [-0.4, -0.2) is 19.1 Å². The standard InChI is InChI=1S/C15H18N2O/c1-11-8-12(10-16-2)4-5-14(11)13-6-7-17-15(9-13)18-3/h4-9,16H,10H2,1-3H3. The maximum atomic E-state index is 5.16. The van der Waals surface area contributed by atoms with Crippen LogP contribution in [0.5, 0.6) is 5.88 Å². The molecule has 2 rings (SSSR count). The SMILES string of the molecule is CNCc1ccc(-c2ccnc(OC)c2)c(C)c1. The fraction of sp³-hybridized carbons (Fsp3) is 0.267. The minimum absolute atomic E-state index is 0.645. The third-order valence-corrected chi connectivity index (χ3v) is 2.93. The van der Waals surface area contributed by atoms with Gasteiger partial charge in [-0.15, -0.1) is 0 Å². The molecule has 0 saturated carbocycles. The van der Waals surface area contributed by atoms with Crippen molar-refractivity contribution in [2.75, 3.05) is 14.2 Å². The molecule has 0 aliphatic carbocycles. The Bertz CT molecular complexity index is 538. The predicted octanol–water partition coefficient (Wildman–Crippen LogP) is 2.79. The van der Waals surface area contributed by atoms with Crippen molar-refractivity contribution in [2.24, 2.45) is 0 Å². The maximum absolute atomic E-state index is 5.16. The van der Waals surface area contributed by atoms with E-state index < -0.39 is 0 Å². The Labute approximate surface area is 108 Å². The van der Waals surface area contributed by atoms with Gasteiger partial charge in [-0.1, -0.05) is 18.2 Å². The molecule has 1 aromatic heterocycles. The number of aromatic nitrogens is 1. The highest BCUT2D eigenvalue weighted by molar-refractivity contribution is 5.68. The summed E-state index contributed by atoms with van der Waals surface area (Å²) in [4.78, 5) is 4.13. The van der Waals surface area contributed by atoms with E-state index in [-0.39, 0.29) is 0 Å². The van der Waals surface area contributed by atoms with Gasteiger partial charge in [-0.25, -0.2) is 4.98 Å². The fourth-order valence-corrected chi connectivity index (χ4v) is 2.05. The van der Waals surface area contributed by atoms with Crippen molar-refractivity contribution in [2.45, 2.75) is 13.5 Å². The largest absolute Gasteiger partial charge is 0.481 e. The molecule has 1 heterocycles. The minimum atomic E-state index is 0.645. The molecule has 0 amide bonds. The van der Waals surface area contributed by atoms with Gasteiger partial charge in [0.05, 0.1) is 7.11 Å². The van der Waals surface area contributed by atoms with Crippen LogP contribution in [0, 0.1) is 6.92 Å². The van der Waals surface area contributed by atoms with Crippen LogP contribution in [0.3, 0.4) is 0 Å². The molecule has 0 atom stereocenters. The van der Waals surface area contributed by atoms with Crippen LogP contribution >= 0.6 is 0 Å². The van der Waals surface area contributed by atoms with Crippen LogP contribution in [0.25, 0.3) is 11.1 Å². The molecule has 0 spiro atoms. The normalized spacial score (nSPS) is 10.4. The first-order valence-corrected chi connectivity index (χ1v) is 5.99. The minimum Gasteiger partial charge on any atom is -0.481 e. The molecule has 0 unspecified atom stereocenters. The lowest BCUT2D eigenvalue weighted by Crippen LogP contribution is -2.05. The van der Waals surface area contributed by atoms with Gasteiger partial charge in [-0.2, -0.15) is 0 Å². The molecule has 0 radical (unpaired) electrons. The van der Waals surface area contributed by atoms with E-state index in [2.05, 4.69) is 35.4 Å². The van der Waals surface area contributed by atoms with Crippen molar-refractivity contribution in [1.82, 2.24) is 10.3 Å². The van der Waals surface area contributed by atoms with Crippen LogP contribution in [0.2, 0.25) is 0 Å². The number of pyridine rings is 1. The van der Waals surface area contributed by atoms with Gasteiger partial charge in [-0.3, -0.25) is 0 Å². The molecule has 1 N–H and O–H groups in total. The van der Waals surface area contributed by atoms with Crippen LogP contribution < -0.4 is 10.1 Å². The molecule has 2 aromatic rings. The van der Waals surface area contributed by atoms with Gasteiger partial charge in [-0.05, 0) is 42.3 Å². The van der Waals surface area contributed by atoms with E-state index in [1.165, 1.54) is 16.7 Å².